The third kappa shape index (κ3) is 21.2. The smallest absolute Gasteiger partial charge is 0.245 e. The molecule has 0 rings (SSSR count). The molecular weight excluding hydrogens is 280 g/mol. The van der Waals surface area contributed by atoms with Crippen molar-refractivity contribution in [2.24, 2.45) is 0 Å². The van der Waals surface area contributed by atoms with Gasteiger partial charge in [-0.25, -0.2) is 0 Å². The van der Waals surface area contributed by atoms with Crippen LogP contribution >= 0.6 is 0 Å². The summed E-state index contributed by atoms with van der Waals surface area (Å²) >= 11 is 0. The van der Waals surface area contributed by atoms with E-state index in [1.165, 1.54) is 38.5 Å². The zero-order chi connectivity index (χ0) is 17.1. The summed E-state index contributed by atoms with van der Waals surface area (Å²) in [5.41, 5.74) is 0. The second-order valence-electron chi connectivity index (χ2n) is 5.17. The van der Waals surface area contributed by atoms with E-state index in [0.29, 0.717) is 6.54 Å². The molecule has 0 radical (unpaired) electrons. The number of unbranched alkanes of at least 4 members (excludes halogenated alkanes) is 8. The fraction of sp³-hybridized carbons (Fsp3) is 0.882. The Kier molecular flexibility index (Phi) is 21.0. The van der Waals surface area contributed by atoms with Gasteiger partial charge in [0.15, 0.2) is 0 Å². The maximum atomic E-state index is 10.7. The van der Waals surface area contributed by atoms with Crippen LogP contribution in [0.2, 0.25) is 0 Å². The second-order valence-corrected chi connectivity index (χ2v) is 5.17. The van der Waals surface area contributed by atoms with E-state index < -0.39 is 6.61 Å². The maximum Gasteiger partial charge on any atom is 0.245 e. The Labute approximate surface area is 136 Å². The fourth-order valence-electron chi connectivity index (χ4n) is 2.04. The molecular formula is C17H36N2O3. The molecule has 0 saturated heterocycles. The standard InChI is InChI=1S/C15H30N2O3.C2H6/c1-14(19)16-11-9-7-5-3-2-4-6-8-10-12-17-15(20)13-18;1-2/h18H,2-13H2,1H3,(H,16,19)(H,17,20);1-2H3. The number of rotatable bonds is 13. The summed E-state index contributed by atoms with van der Waals surface area (Å²) in [6.07, 6.45) is 10.6. The van der Waals surface area contributed by atoms with Crippen LogP contribution in [0.3, 0.4) is 0 Å². The quantitative estimate of drug-likeness (QED) is 0.457. The van der Waals surface area contributed by atoms with Crippen molar-refractivity contribution in [3.05, 3.63) is 0 Å². The zero-order valence-electron chi connectivity index (χ0n) is 14.7. The Morgan fingerprint density at radius 3 is 1.45 bits per heavy atom. The number of hydrogen-bond acceptors (Lipinski definition) is 3. The van der Waals surface area contributed by atoms with Gasteiger partial charge in [0.25, 0.3) is 0 Å². The lowest BCUT2D eigenvalue weighted by atomic mass is 10.1. The molecule has 0 heterocycles. The van der Waals surface area contributed by atoms with Crippen molar-refractivity contribution in [3.63, 3.8) is 0 Å². The first-order valence-electron chi connectivity index (χ1n) is 8.79. The highest BCUT2D eigenvalue weighted by Gasteiger charge is 1.96. The first kappa shape index (κ1) is 23.2. The minimum absolute atomic E-state index is 0.0557. The highest BCUT2D eigenvalue weighted by molar-refractivity contribution is 5.76. The normalized spacial score (nSPS) is 9.64. The Balaban J connectivity index is 0. The van der Waals surface area contributed by atoms with Crippen molar-refractivity contribution in [3.8, 4) is 0 Å². The van der Waals surface area contributed by atoms with Gasteiger partial charge in [-0.2, -0.15) is 0 Å². The minimum Gasteiger partial charge on any atom is -0.387 e. The van der Waals surface area contributed by atoms with Crippen LogP contribution < -0.4 is 10.6 Å². The highest BCUT2D eigenvalue weighted by atomic mass is 16.3. The Hall–Kier alpha value is -1.10. The van der Waals surface area contributed by atoms with Crippen LogP contribution in [0, 0.1) is 0 Å². The first-order valence-corrected chi connectivity index (χ1v) is 8.79. The number of aliphatic hydroxyl groups is 1. The molecule has 0 fully saturated rings. The molecule has 0 aromatic heterocycles. The first-order chi connectivity index (χ1) is 10.7. The summed E-state index contributed by atoms with van der Waals surface area (Å²) in [6, 6.07) is 0. The summed E-state index contributed by atoms with van der Waals surface area (Å²) in [4.78, 5) is 21.4. The predicted molar refractivity (Wildman–Crippen MR) is 91.7 cm³/mol. The third-order valence-electron chi connectivity index (χ3n) is 3.19. The fourth-order valence-corrected chi connectivity index (χ4v) is 2.04. The van der Waals surface area contributed by atoms with Gasteiger partial charge in [-0.15, -0.1) is 0 Å². The average Bonchev–Trinajstić information content (AvgIpc) is 2.53. The predicted octanol–water partition coefficient (Wildman–Crippen LogP) is 2.77. The molecule has 0 bridgehead atoms. The lowest BCUT2D eigenvalue weighted by molar-refractivity contribution is -0.123. The molecule has 0 saturated carbocycles. The minimum atomic E-state index is -0.415. The number of carbonyl (C=O) groups excluding carboxylic acids is 2. The van der Waals surface area contributed by atoms with Crippen LogP contribution in [0.25, 0.3) is 0 Å². The van der Waals surface area contributed by atoms with E-state index in [-0.39, 0.29) is 11.8 Å². The summed E-state index contributed by atoms with van der Waals surface area (Å²) in [6.45, 7) is 6.61. The van der Waals surface area contributed by atoms with Gasteiger partial charge in [0.1, 0.15) is 6.61 Å². The van der Waals surface area contributed by atoms with Crippen LogP contribution in [0.5, 0.6) is 0 Å². The summed E-state index contributed by atoms with van der Waals surface area (Å²) in [5, 5.41) is 14.0. The summed E-state index contributed by atoms with van der Waals surface area (Å²) in [7, 11) is 0. The molecule has 2 amide bonds. The lowest BCUT2D eigenvalue weighted by Crippen LogP contribution is -2.26. The molecule has 3 N–H and O–H groups in total. The molecule has 0 unspecified atom stereocenters. The zero-order valence-corrected chi connectivity index (χ0v) is 14.7. The van der Waals surface area contributed by atoms with E-state index in [1.807, 2.05) is 13.8 Å². The van der Waals surface area contributed by atoms with E-state index in [0.717, 1.165) is 25.8 Å². The highest BCUT2D eigenvalue weighted by Crippen LogP contribution is 2.09. The van der Waals surface area contributed by atoms with Crippen molar-refractivity contribution in [2.45, 2.75) is 78.6 Å². The maximum absolute atomic E-state index is 10.7. The Morgan fingerprint density at radius 1 is 0.727 bits per heavy atom. The number of carbonyl (C=O) groups is 2. The molecule has 0 aromatic carbocycles. The molecule has 0 atom stereocenters. The van der Waals surface area contributed by atoms with Crippen LogP contribution in [0.1, 0.15) is 78.6 Å². The molecule has 0 aliphatic rings. The van der Waals surface area contributed by atoms with Crippen LogP contribution in [-0.4, -0.2) is 36.6 Å². The SMILES string of the molecule is CC.CC(=O)NCCCCCCCCCCCNC(=O)CO. The van der Waals surface area contributed by atoms with Gasteiger partial charge >= 0.3 is 0 Å². The Morgan fingerprint density at radius 2 is 1.09 bits per heavy atom. The van der Waals surface area contributed by atoms with Crippen molar-refractivity contribution >= 4 is 11.8 Å². The molecule has 0 spiro atoms. The monoisotopic (exact) mass is 316 g/mol. The van der Waals surface area contributed by atoms with E-state index >= 15 is 0 Å². The number of hydrogen-bond donors (Lipinski definition) is 3. The van der Waals surface area contributed by atoms with Gasteiger partial charge in [0.05, 0.1) is 0 Å². The molecule has 5 nitrogen and oxygen atoms in total. The van der Waals surface area contributed by atoms with Crippen LogP contribution in [0.4, 0.5) is 0 Å². The van der Waals surface area contributed by atoms with Crippen molar-refractivity contribution in [2.75, 3.05) is 19.7 Å². The molecule has 0 aliphatic heterocycles. The topological polar surface area (TPSA) is 78.4 Å². The Bertz CT molecular complexity index is 258. The van der Waals surface area contributed by atoms with Crippen LogP contribution in [0.15, 0.2) is 0 Å². The van der Waals surface area contributed by atoms with Gasteiger partial charge in [-0.1, -0.05) is 58.8 Å². The average molecular weight is 316 g/mol. The second kappa shape index (κ2) is 19.9. The third-order valence-corrected chi connectivity index (χ3v) is 3.19. The number of amides is 2. The largest absolute Gasteiger partial charge is 0.387 e. The van der Waals surface area contributed by atoms with Crippen LogP contribution in [-0.2, 0) is 9.59 Å². The molecule has 5 heteroatoms. The van der Waals surface area contributed by atoms with E-state index in [9.17, 15) is 9.59 Å². The van der Waals surface area contributed by atoms with Gasteiger partial charge in [-0.3, -0.25) is 9.59 Å². The summed E-state index contributed by atoms with van der Waals surface area (Å²) < 4.78 is 0. The molecule has 22 heavy (non-hydrogen) atoms. The van der Waals surface area contributed by atoms with Gasteiger partial charge < -0.3 is 15.7 Å². The van der Waals surface area contributed by atoms with Gasteiger partial charge in [-0.05, 0) is 12.8 Å². The summed E-state index contributed by atoms with van der Waals surface area (Å²) in [5.74, 6) is -0.232. The van der Waals surface area contributed by atoms with Crippen molar-refractivity contribution < 1.29 is 14.7 Å². The molecule has 0 aromatic rings. The van der Waals surface area contributed by atoms with Crippen molar-refractivity contribution in [1.29, 1.82) is 0 Å². The van der Waals surface area contributed by atoms with E-state index in [4.69, 9.17) is 5.11 Å². The van der Waals surface area contributed by atoms with Crippen molar-refractivity contribution in [1.82, 2.24) is 10.6 Å². The number of nitrogens with one attached hydrogen (secondary N) is 2. The van der Waals surface area contributed by atoms with Gasteiger partial charge in [0.2, 0.25) is 11.8 Å². The molecule has 0 aliphatic carbocycles. The lowest BCUT2D eigenvalue weighted by Gasteiger charge is -2.04. The van der Waals surface area contributed by atoms with Gasteiger partial charge in [0, 0.05) is 20.0 Å². The molecule has 132 valence electrons. The number of aliphatic hydroxyl groups excluding tert-OH is 1. The van der Waals surface area contributed by atoms with E-state index in [2.05, 4.69) is 10.6 Å². The van der Waals surface area contributed by atoms with E-state index in [1.54, 1.807) is 6.92 Å².